The van der Waals surface area contributed by atoms with Crippen LogP contribution in [0.4, 0.5) is 8.78 Å². The minimum atomic E-state index is -0.637. The fourth-order valence-corrected chi connectivity index (χ4v) is 2.49. The second kappa shape index (κ2) is 8.43. The summed E-state index contributed by atoms with van der Waals surface area (Å²) >= 11 is 0. The zero-order valence-electron chi connectivity index (χ0n) is 13.6. The van der Waals surface area contributed by atoms with Gasteiger partial charge in [-0.05, 0) is 36.6 Å². The minimum absolute atomic E-state index is 0.0753. The number of aromatic hydroxyl groups is 1. The Labute approximate surface area is 140 Å². The van der Waals surface area contributed by atoms with E-state index in [0.29, 0.717) is 24.9 Å². The van der Waals surface area contributed by atoms with Crippen LogP contribution >= 0.6 is 0 Å². The van der Waals surface area contributed by atoms with Gasteiger partial charge in [0.2, 0.25) is 5.91 Å². The van der Waals surface area contributed by atoms with Crippen LogP contribution in [0.5, 0.6) is 5.75 Å². The van der Waals surface area contributed by atoms with Gasteiger partial charge in [-0.3, -0.25) is 4.79 Å². The number of nitrogens with zero attached hydrogens (tertiary/aromatic N) is 1. The molecule has 0 unspecified atom stereocenters. The van der Waals surface area contributed by atoms with Crippen LogP contribution in [0.15, 0.2) is 42.5 Å². The Morgan fingerprint density at radius 3 is 2.46 bits per heavy atom. The number of hydrogen-bond donors (Lipinski definition) is 1. The van der Waals surface area contributed by atoms with Gasteiger partial charge in [0.15, 0.2) is 0 Å². The summed E-state index contributed by atoms with van der Waals surface area (Å²) in [4.78, 5) is 14.0. The first kappa shape index (κ1) is 17.9. The van der Waals surface area contributed by atoms with Crippen molar-refractivity contribution in [2.45, 2.75) is 32.7 Å². The van der Waals surface area contributed by atoms with Gasteiger partial charge in [-0.2, -0.15) is 0 Å². The van der Waals surface area contributed by atoms with Crippen LogP contribution in [-0.2, 0) is 17.8 Å². The molecule has 0 aliphatic heterocycles. The first-order chi connectivity index (χ1) is 11.5. The molecule has 1 N–H and O–H groups in total. The molecule has 0 heterocycles. The van der Waals surface area contributed by atoms with Crippen LogP contribution in [0.3, 0.4) is 0 Å². The van der Waals surface area contributed by atoms with Gasteiger partial charge in [0, 0.05) is 31.1 Å². The fourth-order valence-electron chi connectivity index (χ4n) is 2.49. The smallest absolute Gasteiger partial charge is 0.223 e. The van der Waals surface area contributed by atoms with Crippen LogP contribution in [0.1, 0.15) is 30.9 Å². The van der Waals surface area contributed by atoms with Gasteiger partial charge in [0.1, 0.15) is 17.4 Å². The summed E-state index contributed by atoms with van der Waals surface area (Å²) in [5.41, 5.74) is 1.26. The van der Waals surface area contributed by atoms with Crippen LogP contribution in [0.25, 0.3) is 0 Å². The van der Waals surface area contributed by atoms with Crippen molar-refractivity contribution in [3.63, 3.8) is 0 Å². The highest BCUT2D eigenvalue weighted by molar-refractivity contribution is 5.76. The maximum Gasteiger partial charge on any atom is 0.223 e. The molecule has 1 amide bonds. The average Bonchev–Trinajstić information content (AvgIpc) is 2.56. The van der Waals surface area contributed by atoms with Gasteiger partial charge in [-0.25, -0.2) is 8.78 Å². The second-order valence-corrected chi connectivity index (χ2v) is 5.72. The van der Waals surface area contributed by atoms with Gasteiger partial charge < -0.3 is 10.0 Å². The Kier molecular flexibility index (Phi) is 6.29. The van der Waals surface area contributed by atoms with Crippen molar-refractivity contribution in [3.05, 3.63) is 65.2 Å². The molecule has 0 radical (unpaired) electrons. The van der Waals surface area contributed by atoms with Gasteiger partial charge in [-0.1, -0.05) is 25.1 Å². The van der Waals surface area contributed by atoms with E-state index in [0.717, 1.165) is 18.1 Å². The van der Waals surface area contributed by atoms with E-state index in [1.54, 1.807) is 29.2 Å². The Morgan fingerprint density at radius 1 is 1.12 bits per heavy atom. The first-order valence-electron chi connectivity index (χ1n) is 7.99. The number of aryl methyl sites for hydroxylation is 1. The number of carbonyl (C=O) groups is 1. The maximum absolute atomic E-state index is 13.8. The highest BCUT2D eigenvalue weighted by Crippen LogP contribution is 2.15. The monoisotopic (exact) mass is 333 g/mol. The van der Waals surface area contributed by atoms with Crippen molar-refractivity contribution >= 4 is 5.91 Å². The van der Waals surface area contributed by atoms with Crippen molar-refractivity contribution in [3.8, 4) is 5.75 Å². The molecule has 2 aromatic carbocycles. The third-order valence-corrected chi connectivity index (χ3v) is 3.79. The summed E-state index contributed by atoms with van der Waals surface area (Å²) in [6.07, 6.45) is 1.60. The van der Waals surface area contributed by atoms with E-state index in [-0.39, 0.29) is 18.2 Å². The lowest BCUT2D eigenvalue weighted by molar-refractivity contribution is -0.131. The fraction of sp³-hybridized carbons (Fsp3) is 0.316. The SMILES string of the molecule is CCCN(Cc1ccc(F)cc1F)C(=O)CCc1ccc(O)cc1. The largest absolute Gasteiger partial charge is 0.508 e. The van der Waals surface area contributed by atoms with E-state index in [1.807, 2.05) is 6.92 Å². The zero-order valence-corrected chi connectivity index (χ0v) is 13.6. The quantitative estimate of drug-likeness (QED) is 0.831. The highest BCUT2D eigenvalue weighted by atomic mass is 19.1. The molecule has 0 atom stereocenters. The number of hydrogen-bond acceptors (Lipinski definition) is 2. The molecular weight excluding hydrogens is 312 g/mol. The Hall–Kier alpha value is -2.43. The van der Waals surface area contributed by atoms with Crippen LogP contribution in [0.2, 0.25) is 0 Å². The predicted molar refractivity (Wildman–Crippen MR) is 88.5 cm³/mol. The van der Waals surface area contributed by atoms with Crippen LogP contribution < -0.4 is 0 Å². The zero-order chi connectivity index (χ0) is 17.5. The summed E-state index contributed by atoms with van der Waals surface area (Å²) in [5, 5.41) is 9.26. The normalized spacial score (nSPS) is 10.6. The lowest BCUT2D eigenvalue weighted by Crippen LogP contribution is -2.31. The summed E-state index contributed by atoms with van der Waals surface area (Å²) < 4.78 is 26.8. The van der Waals surface area contributed by atoms with Crippen molar-refractivity contribution < 1.29 is 18.7 Å². The lowest BCUT2D eigenvalue weighted by Gasteiger charge is -2.22. The third-order valence-electron chi connectivity index (χ3n) is 3.79. The van der Waals surface area contributed by atoms with Crippen LogP contribution in [-0.4, -0.2) is 22.5 Å². The second-order valence-electron chi connectivity index (χ2n) is 5.72. The number of phenols is 1. The Balaban J connectivity index is 2.00. The van der Waals surface area contributed by atoms with Crippen molar-refractivity contribution in [1.29, 1.82) is 0 Å². The number of carbonyl (C=O) groups excluding carboxylic acids is 1. The molecule has 128 valence electrons. The topological polar surface area (TPSA) is 40.5 Å². The summed E-state index contributed by atoms with van der Waals surface area (Å²) in [6, 6.07) is 10.1. The van der Waals surface area contributed by atoms with Crippen LogP contribution in [0, 0.1) is 11.6 Å². The number of rotatable bonds is 7. The first-order valence-corrected chi connectivity index (χ1v) is 7.99. The number of halogens is 2. The molecule has 24 heavy (non-hydrogen) atoms. The van der Waals surface area contributed by atoms with Gasteiger partial charge in [-0.15, -0.1) is 0 Å². The summed E-state index contributed by atoms with van der Waals surface area (Å²) in [6.45, 7) is 2.60. The van der Waals surface area contributed by atoms with E-state index < -0.39 is 11.6 Å². The third kappa shape index (κ3) is 5.05. The molecule has 0 aliphatic carbocycles. The number of amides is 1. The van der Waals surface area contributed by atoms with Crippen molar-refractivity contribution in [1.82, 2.24) is 4.90 Å². The van der Waals surface area contributed by atoms with E-state index in [2.05, 4.69) is 0 Å². The molecule has 0 aliphatic rings. The molecule has 3 nitrogen and oxygen atoms in total. The molecule has 0 fully saturated rings. The Bertz CT molecular complexity index is 686. The molecule has 0 spiro atoms. The van der Waals surface area contributed by atoms with E-state index in [4.69, 9.17) is 0 Å². The van der Waals surface area contributed by atoms with Gasteiger partial charge in [0.25, 0.3) is 0 Å². The molecule has 0 aromatic heterocycles. The van der Waals surface area contributed by atoms with Gasteiger partial charge >= 0.3 is 0 Å². The average molecular weight is 333 g/mol. The summed E-state index contributed by atoms with van der Waals surface area (Å²) in [5.74, 6) is -1.16. The van der Waals surface area contributed by atoms with E-state index in [1.165, 1.54) is 12.1 Å². The van der Waals surface area contributed by atoms with Crippen molar-refractivity contribution in [2.75, 3.05) is 6.54 Å². The Morgan fingerprint density at radius 2 is 1.83 bits per heavy atom. The van der Waals surface area contributed by atoms with E-state index in [9.17, 15) is 18.7 Å². The summed E-state index contributed by atoms with van der Waals surface area (Å²) in [7, 11) is 0. The molecule has 2 aromatic rings. The predicted octanol–water partition coefficient (Wildman–Crippen LogP) is 4.04. The molecular formula is C19H21F2NO2. The van der Waals surface area contributed by atoms with Crippen molar-refractivity contribution in [2.24, 2.45) is 0 Å². The number of benzene rings is 2. The molecule has 0 saturated heterocycles. The standard InChI is InChI=1S/C19H21F2NO2/c1-2-11-22(13-15-6-7-16(20)12-18(15)21)19(24)10-5-14-3-8-17(23)9-4-14/h3-4,6-9,12,23H,2,5,10-11,13H2,1H3. The maximum atomic E-state index is 13.8. The minimum Gasteiger partial charge on any atom is -0.508 e. The molecule has 0 saturated carbocycles. The van der Waals surface area contributed by atoms with Gasteiger partial charge in [0.05, 0.1) is 0 Å². The number of phenolic OH excluding ortho intramolecular Hbond substituents is 1. The lowest BCUT2D eigenvalue weighted by atomic mass is 10.1. The molecule has 5 heteroatoms. The highest BCUT2D eigenvalue weighted by Gasteiger charge is 2.15. The molecule has 0 bridgehead atoms. The van der Waals surface area contributed by atoms with E-state index >= 15 is 0 Å². The molecule has 2 rings (SSSR count).